The Morgan fingerprint density at radius 3 is 2.41 bits per heavy atom. The summed E-state index contributed by atoms with van der Waals surface area (Å²) in [5, 5.41) is 3.45. The fourth-order valence-corrected chi connectivity index (χ4v) is 2.98. The van der Waals surface area contributed by atoms with Gasteiger partial charge in [-0.25, -0.2) is 9.97 Å². The zero-order valence-electron chi connectivity index (χ0n) is 16.6. The summed E-state index contributed by atoms with van der Waals surface area (Å²) in [6, 6.07) is 5.21. The monoisotopic (exact) mass is 390 g/mol. The average molecular weight is 391 g/mol. The SMILES string of the molecule is CCCN(CCC)c1cc(C(=O)Nc2cc(C)c(Cl)cc2OC)nc(C)n1. The minimum atomic E-state index is -0.310. The van der Waals surface area contributed by atoms with Crippen LogP contribution in [0.25, 0.3) is 0 Å². The highest BCUT2D eigenvalue weighted by Crippen LogP contribution is 2.31. The molecule has 146 valence electrons. The summed E-state index contributed by atoms with van der Waals surface area (Å²) in [5.74, 6) is 1.53. The van der Waals surface area contributed by atoms with Gasteiger partial charge in [0.1, 0.15) is 23.1 Å². The summed E-state index contributed by atoms with van der Waals surface area (Å²) in [6.07, 6.45) is 2.01. The molecular weight excluding hydrogens is 364 g/mol. The van der Waals surface area contributed by atoms with E-state index in [0.717, 1.165) is 37.3 Å². The number of amides is 1. The van der Waals surface area contributed by atoms with Crippen LogP contribution in [0.1, 0.15) is 48.6 Å². The molecule has 2 rings (SSSR count). The molecule has 7 heteroatoms. The van der Waals surface area contributed by atoms with Gasteiger partial charge < -0.3 is 15.0 Å². The Morgan fingerprint density at radius 1 is 1.15 bits per heavy atom. The molecule has 0 bridgehead atoms. The Bertz CT molecular complexity index is 805. The molecule has 1 aromatic heterocycles. The van der Waals surface area contributed by atoms with Crippen LogP contribution in [0.2, 0.25) is 5.02 Å². The molecular formula is C20H27ClN4O2. The number of carbonyl (C=O) groups is 1. The maximum Gasteiger partial charge on any atom is 0.274 e. The third-order valence-corrected chi connectivity index (χ3v) is 4.50. The first-order valence-corrected chi connectivity index (χ1v) is 9.53. The maximum absolute atomic E-state index is 12.8. The highest BCUT2D eigenvalue weighted by molar-refractivity contribution is 6.31. The number of halogens is 1. The minimum absolute atomic E-state index is 0.310. The standard InChI is InChI=1S/C20H27ClN4O2/c1-6-8-25(9-7-2)19-12-17(22-14(4)23-19)20(26)24-16-10-13(3)15(21)11-18(16)27-5/h10-12H,6-9H2,1-5H3,(H,24,26). The number of nitrogens with one attached hydrogen (secondary N) is 1. The first kappa shape index (κ1) is 21.0. The van der Waals surface area contributed by atoms with Crippen molar-refractivity contribution in [1.82, 2.24) is 9.97 Å². The van der Waals surface area contributed by atoms with Crippen molar-refractivity contribution in [2.75, 3.05) is 30.4 Å². The summed E-state index contributed by atoms with van der Waals surface area (Å²) in [4.78, 5) is 23.8. The van der Waals surface area contributed by atoms with E-state index in [1.807, 2.05) is 6.92 Å². The number of carbonyl (C=O) groups excluding carboxylic acids is 1. The van der Waals surface area contributed by atoms with Gasteiger partial charge in [0, 0.05) is 30.2 Å². The molecule has 1 N–H and O–H groups in total. The van der Waals surface area contributed by atoms with Crippen molar-refractivity contribution in [2.24, 2.45) is 0 Å². The van der Waals surface area contributed by atoms with Crippen LogP contribution in [0.3, 0.4) is 0 Å². The molecule has 0 saturated carbocycles. The quantitative estimate of drug-likeness (QED) is 0.711. The first-order chi connectivity index (χ1) is 12.9. The summed E-state index contributed by atoms with van der Waals surface area (Å²) in [7, 11) is 1.54. The lowest BCUT2D eigenvalue weighted by Crippen LogP contribution is -2.27. The zero-order valence-corrected chi connectivity index (χ0v) is 17.4. The molecule has 0 saturated heterocycles. The Balaban J connectivity index is 2.33. The van der Waals surface area contributed by atoms with Gasteiger partial charge in [0.05, 0.1) is 12.8 Å². The van der Waals surface area contributed by atoms with Crippen molar-refractivity contribution in [2.45, 2.75) is 40.5 Å². The van der Waals surface area contributed by atoms with Crippen molar-refractivity contribution < 1.29 is 9.53 Å². The Morgan fingerprint density at radius 2 is 1.81 bits per heavy atom. The van der Waals surface area contributed by atoms with Crippen molar-refractivity contribution in [3.63, 3.8) is 0 Å². The topological polar surface area (TPSA) is 67.4 Å². The van der Waals surface area contributed by atoms with Crippen LogP contribution in [0.5, 0.6) is 5.75 Å². The van der Waals surface area contributed by atoms with Gasteiger partial charge in [-0.05, 0) is 38.3 Å². The van der Waals surface area contributed by atoms with Gasteiger partial charge in [0.2, 0.25) is 0 Å². The van der Waals surface area contributed by atoms with Crippen LogP contribution in [-0.2, 0) is 0 Å². The van der Waals surface area contributed by atoms with E-state index in [-0.39, 0.29) is 5.91 Å². The van der Waals surface area contributed by atoms with Gasteiger partial charge in [-0.1, -0.05) is 25.4 Å². The van der Waals surface area contributed by atoms with Crippen LogP contribution in [0, 0.1) is 13.8 Å². The molecule has 0 aliphatic carbocycles. The molecule has 27 heavy (non-hydrogen) atoms. The van der Waals surface area contributed by atoms with E-state index in [1.54, 1.807) is 25.1 Å². The van der Waals surface area contributed by atoms with Crippen molar-refractivity contribution >= 4 is 29.0 Å². The number of aryl methyl sites for hydroxylation is 2. The molecule has 0 radical (unpaired) electrons. The van der Waals surface area contributed by atoms with Crippen LogP contribution in [-0.4, -0.2) is 36.1 Å². The normalized spacial score (nSPS) is 10.6. The fourth-order valence-electron chi connectivity index (χ4n) is 2.83. The summed E-state index contributed by atoms with van der Waals surface area (Å²) in [5.41, 5.74) is 1.73. The van der Waals surface area contributed by atoms with Gasteiger partial charge in [0.25, 0.3) is 5.91 Å². The number of nitrogens with zero attached hydrogens (tertiary/aromatic N) is 3. The fraction of sp³-hybridized carbons (Fsp3) is 0.450. The third kappa shape index (κ3) is 5.32. The molecule has 0 unspecified atom stereocenters. The lowest BCUT2D eigenvalue weighted by Gasteiger charge is -2.23. The largest absolute Gasteiger partial charge is 0.495 e. The number of rotatable bonds is 8. The van der Waals surface area contributed by atoms with E-state index in [1.165, 1.54) is 7.11 Å². The lowest BCUT2D eigenvalue weighted by molar-refractivity contribution is 0.102. The predicted octanol–water partition coefficient (Wildman–Crippen LogP) is 4.63. The number of anilines is 2. The maximum atomic E-state index is 12.8. The zero-order chi connectivity index (χ0) is 20.0. The third-order valence-electron chi connectivity index (χ3n) is 4.10. The molecule has 1 heterocycles. The molecule has 0 aliphatic rings. The Labute approximate surface area is 165 Å². The van der Waals surface area contributed by atoms with Gasteiger partial charge in [-0.2, -0.15) is 0 Å². The van der Waals surface area contributed by atoms with Crippen molar-refractivity contribution in [1.29, 1.82) is 0 Å². The Hall–Kier alpha value is -2.34. The smallest absolute Gasteiger partial charge is 0.274 e. The van der Waals surface area contributed by atoms with Gasteiger partial charge in [-0.3, -0.25) is 4.79 Å². The van der Waals surface area contributed by atoms with Gasteiger partial charge >= 0.3 is 0 Å². The average Bonchev–Trinajstić information content (AvgIpc) is 2.63. The second-order valence-electron chi connectivity index (χ2n) is 6.40. The Kier molecular flexibility index (Phi) is 7.42. The van der Waals surface area contributed by atoms with E-state index in [2.05, 4.69) is 34.0 Å². The van der Waals surface area contributed by atoms with Gasteiger partial charge in [-0.15, -0.1) is 0 Å². The number of benzene rings is 1. The van der Waals surface area contributed by atoms with Crippen molar-refractivity contribution in [3.05, 3.63) is 40.3 Å². The van der Waals surface area contributed by atoms with Crippen LogP contribution < -0.4 is 15.0 Å². The number of aromatic nitrogens is 2. The van der Waals surface area contributed by atoms with Crippen LogP contribution >= 0.6 is 11.6 Å². The molecule has 2 aromatic rings. The number of methoxy groups -OCH3 is 1. The molecule has 1 aromatic carbocycles. The molecule has 0 fully saturated rings. The second kappa shape index (κ2) is 9.55. The highest BCUT2D eigenvalue weighted by atomic mass is 35.5. The number of hydrogen-bond donors (Lipinski definition) is 1. The molecule has 0 atom stereocenters. The number of ether oxygens (including phenoxy) is 1. The molecule has 6 nitrogen and oxygen atoms in total. The van der Waals surface area contributed by atoms with Gasteiger partial charge in [0.15, 0.2) is 0 Å². The summed E-state index contributed by atoms with van der Waals surface area (Å²) in [6.45, 7) is 9.69. The molecule has 0 aliphatic heterocycles. The molecule has 1 amide bonds. The number of hydrogen-bond acceptors (Lipinski definition) is 5. The lowest BCUT2D eigenvalue weighted by atomic mass is 10.2. The summed E-state index contributed by atoms with van der Waals surface area (Å²) >= 11 is 6.14. The summed E-state index contributed by atoms with van der Waals surface area (Å²) < 4.78 is 5.33. The molecule has 0 spiro atoms. The van der Waals surface area contributed by atoms with Crippen LogP contribution in [0.15, 0.2) is 18.2 Å². The van der Waals surface area contributed by atoms with E-state index in [9.17, 15) is 4.79 Å². The van der Waals surface area contributed by atoms with Crippen molar-refractivity contribution in [3.8, 4) is 5.75 Å². The van der Waals surface area contributed by atoms with Crippen LogP contribution in [0.4, 0.5) is 11.5 Å². The highest BCUT2D eigenvalue weighted by Gasteiger charge is 2.16. The first-order valence-electron chi connectivity index (χ1n) is 9.15. The van der Waals surface area contributed by atoms with E-state index in [0.29, 0.717) is 28.0 Å². The van der Waals surface area contributed by atoms with E-state index < -0.39 is 0 Å². The van der Waals surface area contributed by atoms with E-state index in [4.69, 9.17) is 16.3 Å². The predicted molar refractivity (Wildman–Crippen MR) is 110 cm³/mol. The second-order valence-corrected chi connectivity index (χ2v) is 6.81. The van der Waals surface area contributed by atoms with E-state index >= 15 is 0 Å². The minimum Gasteiger partial charge on any atom is -0.495 e.